The van der Waals surface area contributed by atoms with E-state index in [2.05, 4.69) is 21.2 Å². The van der Waals surface area contributed by atoms with Crippen LogP contribution >= 0.6 is 28.1 Å². The number of thiocarbonyl (C=S) groups is 1. The van der Waals surface area contributed by atoms with E-state index in [1.54, 1.807) is 18.2 Å². The Balaban J connectivity index is 2.38. The van der Waals surface area contributed by atoms with Crippen LogP contribution in [0.15, 0.2) is 40.9 Å². The molecule has 1 amide bonds. The normalized spacial score (nSPS) is 10.2. The van der Waals surface area contributed by atoms with E-state index in [-0.39, 0.29) is 4.99 Å². The molecule has 0 saturated heterocycles. The van der Waals surface area contributed by atoms with Crippen LogP contribution in [0.1, 0.15) is 15.9 Å². The predicted octanol–water partition coefficient (Wildman–Crippen LogP) is 3.61. The van der Waals surface area contributed by atoms with Crippen LogP contribution in [0.25, 0.3) is 0 Å². The monoisotopic (exact) mass is 370 g/mol. The van der Waals surface area contributed by atoms with Crippen LogP contribution in [0.5, 0.6) is 0 Å². The summed E-state index contributed by atoms with van der Waals surface area (Å²) in [5, 5.41) is 2.47. The lowest BCUT2D eigenvalue weighted by Gasteiger charge is -2.11. The molecule has 0 radical (unpaired) electrons. The lowest BCUT2D eigenvalue weighted by atomic mass is 10.1. The summed E-state index contributed by atoms with van der Waals surface area (Å²) < 4.78 is 27.4. The van der Waals surface area contributed by atoms with Gasteiger partial charge >= 0.3 is 0 Å². The number of amides is 1. The maximum atomic E-state index is 13.6. The second-order valence-electron chi connectivity index (χ2n) is 4.11. The molecule has 0 aliphatic carbocycles. The summed E-state index contributed by atoms with van der Waals surface area (Å²) >= 11 is 8.13. The summed E-state index contributed by atoms with van der Waals surface area (Å²) in [7, 11) is 0. The molecule has 0 fully saturated rings. The van der Waals surface area contributed by atoms with E-state index in [0.717, 1.165) is 6.07 Å². The third-order valence-corrected chi connectivity index (χ3v) is 3.40. The molecule has 108 valence electrons. The summed E-state index contributed by atoms with van der Waals surface area (Å²) in [6, 6.07) is 8.26. The predicted molar refractivity (Wildman–Crippen MR) is 84.3 cm³/mol. The van der Waals surface area contributed by atoms with Gasteiger partial charge in [-0.15, -0.1) is 0 Å². The number of carbonyl (C=O) groups is 1. The van der Waals surface area contributed by atoms with E-state index in [1.807, 2.05) is 0 Å². The van der Waals surface area contributed by atoms with Gasteiger partial charge in [0, 0.05) is 10.0 Å². The van der Waals surface area contributed by atoms with E-state index in [9.17, 15) is 13.6 Å². The van der Waals surface area contributed by atoms with Crippen molar-refractivity contribution in [2.24, 2.45) is 5.73 Å². The van der Waals surface area contributed by atoms with Gasteiger partial charge in [-0.3, -0.25) is 4.79 Å². The van der Waals surface area contributed by atoms with E-state index < -0.39 is 23.1 Å². The van der Waals surface area contributed by atoms with Gasteiger partial charge in [0.25, 0.3) is 5.91 Å². The van der Waals surface area contributed by atoms with Crippen molar-refractivity contribution in [3.05, 3.63) is 63.6 Å². The zero-order valence-corrected chi connectivity index (χ0v) is 12.9. The van der Waals surface area contributed by atoms with Gasteiger partial charge < -0.3 is 11.1 Å². The Hall–Kier alpha value is -1.86. The number of rotatable bonds is 3. The van der Waals surface area contributed by atoms with Gasteiger partial charge in [0.2, 0.25) is 0 Å². The lowest BCUT2D eigenvalue weighted by molar-refractivity contribution is 0.102. The van der Waals surface area contributed by atoms with Crippen LogP contribution in [0.3, 0.4) is 0 Å². The molecule has 3 N–H and O–H groups in total. The summed E-state index contributed by atoms with van der Waals surface area (Å²) in [6.45, 7) is 0. The van der Waals surface area contributed by atoms with Crippen LogP contribution in [0.2, 0.25) is 0 Å². The van der Waals surface area contributed by atoms with Gasteiger partial charge in [0.1, 0.15) is 4.99 Å². The van der Waals surface area contributed by atoms with Crippen molar-refractivity contribution in [1.29, 1.82) is 0 Å². The topological polar surface area (TPSA) is 55.1 Å². The highest BCUT2D eigenvalue weighted by Crippen LogP contribution is 2.23. The minimum absolute atomic E-state index is 0.0810. The highest BCUT2D eigenvalue weighted by atomic mass is 79.9. The molecule has 3 nitrogen and oxygen atoms in total. The zero-order valence-electron chi connectivity index (χ0n) is 10.5. The summed E-state index contributed by atoms with van der Waals surface area (Å²) in [6.07, 6.45) is 0. The fourth-order valence-corrected chi connectivity index (χ4v) is 2.24. The van der Waals surface area contributed by atoms with Crippen LogP contribution < -0.4 is 11.1 Å². The maximum absolute atomic E-state index is 13.6. The molecule has 2 rings (SSSR count). The largest absolute Gasteiger partial charge is 0.389 e. The van der Waals surface area contributed by atoms with Crippen molar-refractivity contribution in [1.82, 2.24) is 0 Å². The van der Waals surface area contributed by atoms with Gasteiger partial charge in [-0.05, 0) is 30.3 Å². The van der Waals surface area contributed by atoms with E-state index in [0.29, 0.717) is 15.7 Å². The quantitative estimate of drug-likeness (QED) is 0.811. The van der Waals surface area contributed by atoms with Crippen LogP contribution in [0.4, 0.5) is 14.5 Å². The molecule has 0 aromatic heterocycles. The van der Waals surface area contributed by atoms with E-state index in [1.165, 1.54) is 12.1 Å². The molecule has 0 atom stereocenters. The first kappa shape index (κ1) is 15.5. The Morgan fingerprint density at radius 1 is 1.19 bits per heavy atom. The average Bonchev–Trinajstić information content (AvgIpc) is 2.41. The molecule has 0 spiro atoms. The number of carbonyl (C=O) groups excluding carboxylic acids is 1. The SMILES string of the molecule is NC(=S)c1ccc(Br)cc1NC(=O)c1cccc(F)c1F. The molecule has 7 heteroatoms. The van der Waals surface area contributed by atoms with E-state index >= 15 is 0 Å². The van der Waals surface area contributed by atoms with Crippen LogP contribution in [-0.4, -0.2) is 10.9 Å². The minimum atomic E-state index is -1.21. The number of hydrogen-bond acceptors (Lipinski definition) is 2. The molecule has 0 heterocycles. The fraction of sp³-hybridized carbons (Fsp3) is 0. The maximum Gasteiger partial charge on any atom is 0.258 e. The number of halogens is 3. The fourth-order valence-electron chi connectivity index (χ4n) is 1.70. The molecule has 0 unspecified atom stereocenters. The lowest BCUT2D eigenvalue weighted by Crippen LogP contribution is -2.19. The van der Waals surface area contributed by atoms with Gasteiger partial charge in [-0.1, -0.05) is 34.2 Å². The Morgan fingerprint density at radius 3 is 2.57 bits per heavy atom. The summed E-state index contributed by atoms with van der Waals surface area (Å²) in [5.74, 6) is -3.09. The summed E-state index contributed by atoms with van der Waals surface area (Å²) in [4.78, 5) is 12.1. The Kier molecular flexibility index (Phi) is 4.64. The molecular weight excluding hydrogens is 362 g/mol. The molecule has 2 aromatic rings. The Bertz CT molecular complexity index is 737. The average molecular weight is 371 g/mol. The zero-order chi connectivity index (χ0) is 15.6. The third kappa shape index (κ3) is 3.43. The Labute approximate surface area is 133 Å². The van der Waals surface area contributed by atoms with Gasteiger partial charge in [0.15, 0.2) is 11.6 Å². The molecular formula is C14H9BrF2N2OS. The first-order valence-corrected chi connectivity index (χ1v) is 6.95. The van der Waals surface area contributed by atoms with Crippen LogP contribution in [-0.2, 0) is 0 Å². The molecule has 0 bridgehead atoms. The second kappa shape index (κ2) is 6.28. The van der Waals surface area contributed by atoms with Crippen molar-refractivity contribution in [2.45, 2.75) is 0 Å². The standard InChI is InChI=1S/C14H9BrF2N2OS/c15-7-4-5-8(13(18)21)11(6-7)19-14(20)9-2-1-3-10(16)12(9)17/h1-6H,(H2,18,21)(H,19,20). The van der Waals surface area contributed by atoms with Crippen LogP contribution in [0, 0.1) is 11.6 Å². The third-order valence-electron chi connectivity index (χ3n) is 2.69. The van der Waals surface area contributed by atoms with Crippen molar-refractivity contribution in [3.8, 4) is 0 Å². The van der Waals surface area contributed by atoms with Crippen molar-refractivity contribution < 1.29 is 13.6 Å². The highest BCUT2D eigenvalue weighted by molar-refractivity contribution is 9.10. The molecule has 0 aliphatic rings. The number of anilines is 1. The molecule has 21 heavy (non-hydrogen) atoms. The van der Waals surface area contributed by atoms with Gasteiger partial charge in [0.05, 0.1) is 11.3 Å². The van der Waals surface area contributed by atoms with Crippen molar-refractivity contribution >= 4 is 44.7 Å². The minimum Gasteiger partial charge on any atom is -0.389 e. The first-order chi connectivity index (χ1) is 9.90. The highest BCUT2D eigenvalue weighted by Gasteiger charge is 2.17. The second-order valence-corrected chi connectivity index (χ2v) is 5.47. The van der Waals surface area contributed by atoms with Crippen molar-refractivity contribution in [3.63, 3.8) is 0 Å². The first-order valence-electron chi connectivity index (χ1n) is 5.75. The number of nitrogens with one attached hydrogen (secondary N) is 1. The van der Waals surface area contributed by atoms with Gasteiger partial charge in [-0.2, -0.15) is 0 Å². The molecule has 2 aromatic carbocycles. The Morgan fingerprint density at radius 2 is 1.90 bits per heavy atom. The number of nitrogens with two attached hydrogens (primary N) is 1. The number of benzene rings is 2. The van der Waals surface area contributed by atoms with Crippen molar-refractivity contribution in [2.75, 3.05) is 5.32 Å². The summed E-state index contributed by atoms with van der Waals surface area (Å²) in [5.41, 5.74) is 5.90. The number of hydrogen-bond donors (Lipinski definition) is 2. The van der Waals surface area contributed by atoms with E-state index in [4.69, 9.17) is 18.0 Å². The molecule has 0 aliphatic heterocycles. The molecule has 0 saturated carbocycles. The smallest absolute Gasteiger partial charge is 0.258 e. The van der Waals surface area contributed by atoms with Gasteiger partial charge in [-0.25, -0.2) is 8.78 Å².